The zero-order valence-corrected chi connectivity index (χ0v) is 9.73. The predicted molar refractivity (Wildman–Crippen MR) is 71.4 cm³/mol. The number of nitrogens with zero attached hydrogens (tertiary/aromatic N) is 1. The lowest BCUT2D eigenvalue weighted by molar-refractivity contribution is -0.116. The number of hydrogen-bond donors (Lipinski definition) is 1. The van der Waals surface area contributed by atoms with Crippen LogP contribution in [0.2, 0.25) is 0 Å². The van der Waals surface area contributed by atoms with Crippen molar-refractivity contribution < 1.29 is 8.91 Å². The average molecular weight is 241 g/mol. The number of likely N-dealkylation sites (N-methyl/N-ethyl adjacent to an activating group) is 1. The van der Waals surface area contributed by atoms with Crippen LogP contribution < -0.4 is 0 Å². The topological polar surface area (TPSA) is 36.1 Å². The molecule has 0 spiro atoms. The molecule has 3 heteroatoms. The van der Waals surface area contributed by atoms with Gasteiger partial charge in [-0.2, -0.15) is 0 Å². The Labute approximate surface area is 109 Å². The molecule has 1 atom stereocenters. The van der Waals surface area contributed by atoms with Crippen molar-refractivity contribution in [3.63, 3.8) is 0 Å². The molecule has 1 aromatic carbocycles. The van der Waals surface area contributed by atoms with Gasteiger partial charge >= 0.3 is 0 Å². The molecule has 90 valence electrons. The lowest BCUT2D eigenvalue weighted by atomic mass is 9.82. The van der Waals surface area contributed by atoms with Gasteiger partial charge in [-0.15, -0.1) is 0 Å². The zero-order valence-electron chi connectivity index (χ0n) is 12.7. The lowest BCUT2D eigenvalue weighted by Gasteiger charge is -2.36. The first kappa shape index (κ1) is 7.54. The molecule has 0 unspecified atom stereocenters. The van der Waals surface area contributed by atoms with Crippen LogP contribution in [-0.4, -0.2) is 35.2 Å². The second kappa shape index (κ2) is 3.33. The molecular formula is C15H14N2O. The van der Waals surface area contributed by atoms with Crippen LogP contribution in [0.4, 0.5) is 0 Å². The third kappa shape index (κ3) is 1.20. The van der Waals surface area contributed by atoms with E-state index in [-0.39, 0.29) is 18.4 Å². The van der Waals surface area contributed by atoms with Crippen molar-refractivity contribution in [2.45, 2.75) is 12.5 Å². The highest BCUT2D eigenvalue weighted by Gasteiger charge is 2.32. The Bertz CT molecular complexity index is 788. The van der Waals surface area contributed by atoms with E-state index in [0.29, 0.717) is 6.42 Å². The molecule has 2 aromatic rings. The van der Waals surface area contributed by atoms with Crippen molar-refractivity contribution >= 4 is 22.3 Å². The van der Waals surface area contributed by atoms with Crippen molar-refractivity contribution in [1.82, 2.24) is 9.88 Å². The van der Waals surface area contributed by atoms with Crippen LogP contribution in [0, 0.1) is 0 Å². The van der Waals surface area contributed by atoms with Crippen molar-refractivity contribution in [3.05, 3.63) is 41.6 Å². The van der Waals surface area contributed by atoms with Crippen molar-refractivity contribution in [3.8, 4) is 0 Å². The number of ketones is 1. The van der Waals surface area contributed by atoms with E-state index >= 15 is 0 Å². The summed E-state index contributed by atoms with van der Waals surface area (Å²) >= 11 is 0. The number of benzene rings is 1. The quantitative estimate of drug-likeness (QED) is 0.765. The monoisotopic (exact) mass is 241 g/mol. The summed E-state index contributed by atoms with van der Waals surface area (Å²) in [4.78, 5) is 16.5. The largest absolute Gasteiger partial charge is 0.361 e. The number of aromatic nitrogens is 1. The van der Waals surface area contributed by atoms with Gasteiger partial charge in [0.15, 0.2) is 5.78 Å². The van der Waals surface area contributed by atoms with Gasteiger partial charge in [-0.3, -0.25) is 9.69 Å². The summed E-state index contributed by atoms with van der Waals surface area (Å²) in [5.41, 5.74) is 3.95. The van der Waals surface area contributed by atoms with E-state index in [1.165, 1.54) is 4.90 Å². The van der Waals surface area contributed by atoms with E-state index < -0.39 is 6.98 Å². The van der Waals surface area contributed by atoms with Crippen molar-refractivity contribution in [2.75, 3.05) is 13.5 Å². The van der Waals surface area contributed by atoms with Gasteiger partial charge in [0.25, 0.3) is 0 Å². The third-order valence-electron chi connectivity index (χ3n) is 3.89. The van der Waals surface area contributed by atoms with E-state index in [9.17, 15) is 4.79 Å². The fraction of sp³-hybridized carbons (Fsp3) is 0.267. The van der Waals surface area contributed by atoms with Gasteiger partial charge in [-0.05, 0) is 42.2 Å². The molecule has 0 radical (unpaired) electrons. The highest BCUT2D eigenvalue weighted by atomic mass is 16.1. The van der Waals surface area contributed by atoms with Gasteiger partial charge in [0.1, 0.15) is 0 Å². The van der Waals surface area contributed by atoms with Crippen LogP contribution in [0.1, 0.15) is 15.2 Å². The minimum atomic E-state index is -2.26. The van der Waals surface area contributed by atoms with E-state index in [1.54, 1.807) is 6.08 Å². The Balaban J connectivity index is 1.95. The third-order valence-corrected chi connectivity index (χ3v) is 3.89. The Kier molecular flexibility index (Phi) is 1.39. The smallest absolute Gasteiger partial charge is 0.170 e. The van der Waals surface area contributed by atoms with E-state index in [4.69, 9.17) is 4.11 Å². The van der Waals surface area contributed by atoms with Gasteiger partial charge in [0.2, 0.25) is 0 Å². The first-order valence-corrected chi connectivity index (χ1v) is 6.05. The van der Waals surface area contributed by atoms with Gasteiger partial charge in [0.05, 0.1) is 6.54 Å². The number of nitrogens with one attached hydrogen (secondary N) is 1. The number of fused-ring (bicyclic) bond motifs is 2. The summed E-state index contributed by atoms with van der Waals surface area (Å²) in [7, 11) is 0. The molecule has 2 aliphatic rings. The molecule has 0 bridgehead atoms. The number of hydrogen-bond acceptors (Lipinski definition) is 2. The summed E-state index contributed by atoms with van der Waals surface area (Å²) in [5, 5.41) is 1.11. The summed E-state index contributed by atoms with van der Waals surface area (Å²) in [6.07, 6.45) is 4.19. The highest BCUT2D eigenvalue weighted by Crippen LogP contribution is 2.39. The number of carbonyl (C=O) groups is 1. The van der Waals surface area contributed by atoms with E-state index in [2.05, 4.69) is 4.98 Å². The molecule has 3 nitrogen and oxygen atoms in total. The maximum Gasteiger partial charge on any atom is 0.170 e. The van der Waals surface area contributed by atoms with Gasteiger partial charge < -0.3 is 4.98 Å². The Morgan fingerprint density at radius 2 is 2.44 bits per heavy atom. The molecule has 1 aliphatic carbocycles. The molecule has 0 saturated heterocycles. The van der Waals surface area contributed by atoms with Gasteiger partial charge in [0, 0.05) is 27.3 Å². The maximum absolute atomic E-state index is 12.0. The zero-order chi connectivity index (χ0) is 14.8. The molecule has 1 aliphatic heterocycles. The summed E-state index contributed by atoms with van der Waals surface area (Å²) in [6, 6.07) is 5.63. The SMILES string of the molecule is [2H]C([2H])([2H])N1CC(=O)C=C2c3cccc4[nH]cc(c34)C[C@H]21. The number of H-pyrrole nitrogens is 1. The highest BCUT2D eigenvalue weighted by molar-refractivity contribution is 6.06. The number of aromatic amines is 1. The average Bonchev–Trinajstić information content (AvgIpc) is 2.83. The number of rotatable bonds is 0. The lowest BCUT2D eigenvalue weighted by Crippen LogP contribution is -2.42. The molecule has 1 N–H and O–H groups in total. The second-order valence-corrected chi connectivity index (χ2v) is 4.96. The predicted octanol–water partition coefficient (Wildman–Crippen LogP) is 1.99. The molecule has 0 fully saturated rings. The minimum absolute atomic E-state index is 0.0413. The van der Waals surface area contributed by atoms with Crippen LogP contribution >= 0.6 is 0 Å². The van der Waals surface area contributed by atoms with Crippen LogP contribution in [0.5, 0.6) is 0 Å². The summed E-state index contributed by atoms with van der Waals surface area (Å²) in [5.74, 6) is -0.145. The Hall–Kier alpha value is -1.87. The molecule has 0 amide bonds. The molecular weight excluding hydrogens is 224 g/mol. The Morgan fingerprint density at radius 1 is 1.50 bits per heavy atom. The van der Waals surface area contributed by atoms with Crippen LogP contribution in [-0.2, 0) is 11.2 Å². The van der Waals surface area contributed by atoms with Crippen LogP contribution in [0.3, 0.4) is 0 Å². The maximum atomic E-state index is 12.0. The van der Waals surface area contributed by atoms with Gasteiger partial charge in [-0.25, -0.2) is 0 Å². The molecule has 18 heavy (non-hydrogen) atoms. The Morgan fingerprint density at radius 3 is 3.33 bits per heavy atom. The molecule has 4 rings (SSSR count). The van der Waals surface area contributed by atoms with Crippen molar-refractivity contribution in [1.29, 1.82) is 0 Å². The summed E-state index contributed by atoms with van der Waals surface area (Å²) in [6.45, 7) is -2.30. The minimum Gasteiger partial charge on any atom is -0.361 e. The number of carbonyl (C=O) groups excluding carboxylic acids is 1. The van der Waals surface area contributed by atoms with Gasteiger partial charge in [-0.1, -0.05) is 12.1 Å². The normalized spacial score (nSPS) is 26.2. The first-order chi connectivity index (χ1) is 9.95. The summed E-state index contributed by atoms with van der Waals surface area (Å²) < 4.78 is 23.1. The molecule has 1 aromatic heterocycles. The fourth-order valence-corrected chi connectivity index (χ4v) is 3.10. The van der Waals surface area contributed by atoms with E-state index in [1.807, 2.05) is 24.4 Å². The molecule has 2 heterocycles. The first-order valence-electron chi connectivity index (χ1n) is 7.55. The van der Waals surface area contributed by atoms with Crippen molar-refractivity contribution in [2.24, 2.45) is 0 Å². The molecule has 0 saturated carbocycles. The van der Waals surface area contributed by atoms with Crippen LogP contribution in [0.25, 0.3) is 16.5 Å². The fourth-order valence-electron chi connectivity index (χ4n) is 3.10. The second-order valence-electron chi connectivity index (χ2n) is 4.96. The van der Waals surface area contributed by atoms with Crippen LogP contribution in [0.15, 0.2) is 30.5 Å². The van der Waals surface area contributed by atoms with E-state index in [0.717, 1.165) is 27.6 Å². The standard InChI is InChI=1S/C15H14N2O/c1-17-8-10(18)6-12-11-3-2-4-13-15(11)9(7-16-13)5-14(12)17/h2-4,6-7,14,16H,5,8H2,1H3/t14-/m1/s1/i1D3.